The van der Waals surface area contributed by atoms with Gasteiger partial charge in [-0.15, -0.1) is 12.4 Å². The maximum Gasteiger partial charge on any atom is 0.261 e. The van der Waals surface area contributed by atoms with Gasteiger partial charge in [-0.25, -0.2) is 4.98 Å². The number of H-pyrrole nitrogens is 1. The predicted octanol–water partition coefficient (Wildman–Crippen LogP) is 3.85. The number of hydrogen-bond acceptors (Lipinski definition) is 6. The molecule has 1 fully saturated rings. The van der Waals surface area contributed by atoms with Crippen molar-refractivity contribution in [1.29, 1.82) is 0 Å². The fourth-order valence-corrected chi connectivity index (χ4v) is 3.81. The number of nitrogens with one attached hydrogen (secondary N) is 2. The Morgan fingerprint density at radius 2 is 2.07 bits per heavy atom. The van der Waals surface area contributed by atoms with Crippen LogP contribution in [0.5, 0.6) is 0 Å². The number of halogens is 3. The maximum atomic E-state index is 12.5. The fraction of sp³-hybridized carbons (Fsp3) is 0.278. The van der Waals surface area contributed by atoms with E-state index in [4.69, 9.17) is 5.73 Å². The first-order valence-corrected chi connectivity index (χ1v) is 10.1. The van der Waals surface area contributed by atoms with Crippen molar-refractivity contribution in [3.63, 3.8) is 0 Å². The van der Waals surface area contributed by atoms with Gasteiger partial charge in [-0.2, -0.15) is 4.98 Å². The minimum atomic E-state index is -0.241. The summed E-state index contributed by atoms with van der Waals surface area (Å²) in [6, 6.07) is 6.00. The molecule has 0 aliphatic carbocycles. The van der Waals surface area contributed by atoms with Gasteiger partial charge < -0.3 is 20.9 Å². The minimum absolute atomic E-state index is 0. The number of nitrogens with zero attached hydrogens (tertiary/aromatic N) is 3. The molecule has 0 spiro atoms. The second-order valence-electron chi connectivity index (χ2n) is 6.65. The van der Waals surface area contributed by atoms with Crippen LogP contribution in [-0.2, 0) is 0 Å². The summed E-state index contributed by atoms with van der Waals surface area (Å²) in [5, 5.41) is 3.70. The first-order valence-electron chi connectivity index (χ1n) is 8.55. The number of pyridine rings is 1. The zero-order chi connectivity index (χ0) is 19.1. The standard InChI is InChI=1S/C18H18Br2N6O.ClH/c1-9-6-11(2-3-12(9)19)23-16-14-15(13(20)7-22-17(14)27)24-18(25-16)26-5-4-10(21)8-26;/h2-3,6-7,10H,4-5,8,21H2,1H3,(H,22,27)(H,23,24,25);1H. The highest BCUT2D eigenvalue weighted by Gasteiger charge is 2.24. The number of nitrogens with two attached hydrogens (primary N) is 1. The highest BCUT2D eigenvalue weighted by atomic mass is 79.9. The van der Waals surface area contributed by atoms with E-state index in [2.05, 4.69) is 57.0 Å². The van der Waals surface area contributed by atoms with Crippen LogP contribution < -0.4 is 21.5 Å². The van der Waals surface area contributed by atoms with E-state index in [9.17, 15) is 4.79 Å². The number of rotatable bonds is 3. The van der Waals surface area contributed by atoms with E-state index in [0.717, 1.165) is 28.7 Å². The Hall–Kier alpha value is -1.68. The first kappa shape index (κ1) is 21.0. The summed E-state index contributed by atoms with van der Waals surface area (Å²) in [5.41, 5.74) is 8.30. The lowest BCUT2D eigenvalue weighted by molar-refractivity contribution is 0.750. The van der Waals surface area contributed by atoms with Crippen molar-refractivity contribution in [2.45, 2.75) is 19.4 Å². The number of anilines is 3. The Morgan fingerprint density at radius 1 is 1.29 bits per heavy atom. The van der Waals surface area contributed by atoms with Crippen molar-refractivity contribution in [2.24, 2.45) is 5.73 Å². The van der Waals surface area contributed by atoms with E-state index < -0.39 is 0 Å². The zero-order valence-corrected chi connectivity index (χ0v) is 19.0. The molecule has 0 amide bonds. The lowest BCUT2D eigenvalue weighted by Crippen LogP contribution is -2.28. The Kier molecular flexibility index (Phi) is 6.28. The monoisotopic (exact) mass is 528 g/mol. The molecule has 7 nitrogen and oxygen atoms in total. The van der Waals surface area contributed by atoms with Crippen molar-refractivity contribution in [3.05, 3.63) is 49.3 Å². The molecule has 1 unspecified atom stereocenters. The van der Waals surface area contributed by atoms with Gasteiger partial charge >= 0.3 is 0 Å². The van der Waals surface area contributed by atoms with Crippen LogP contribution in [0.2, 0.25) is 0 Å². The van der Waals surface area contributed by atoms with Crippen LogP contribution in [0.15, 0.2) is 38.1 Å². The van der Waals surface area contributed by atoms with E-state index >= 15 is 0 Å². The maximum absolute atomic E-state index is 12.5. The summed E-state index contributed by atoms with van der Waals surface area (Å²) < 4.78 is 1.73. The average Bonchev–Trinajstić information content (AvgIpc) is 3.07. The third kappa shape index (κ3) is 4.03. The van der Waals surface area contributed by atoms with Gasteiger partial charge in [-0.1, -0.05) is 15.9 Å². The van der Waals surface area contributed by atoms with Crippen LogP contribution in [0, 0.1) is 6.92 Å². The molecule has 148 valence electrons. The molecule has 4 rings (SSSR count). The second kappa shape index (κ2) is 8.36. The summed E-state index contributed by atoms with van der Waals surface area (Å²) in [5.74, 6) is 1.04. The topological polar surface area (TPSA) is 99.9 Å². The average molecular weight is 531 g/mol. The Labute approximate surface area is 184 Å². The summed E-state index contributed by atoms with van der Waals surface area (Å²) in [6.07, 6.45) is 2.50. The number of aromatic nitrogens is 3. The van der Waals surface area contributed by atoms with Crippen molar-refractivity contribution < 1.29 is 0 Å². The largest absolute Gasteiger partial charge is 0.339 e. The molecule has 28 heavy (non-hydrogen) atoms. The third-order valence-corrected chi connectivity index (χ3v) is 6.10. The van der Waals surface area contributed by atoms with Gasteiger partial charge in [0.25, 0.3) is 5.56 Å². The molecule has 1 aromatic carbocycles. The van der Waals surface area contributed by atoms with Crippen LogP contribution >= 0.6 is 44.3 Å². The van der Waals surface area contributed by atoms with Gasteiger partial charge in [0.15, 0.2) is 0 Å². The Morgan fingerprint density at radius 3 is 2.75 bits per heavy atom. The fourth-order valence-electron chi connectivity index (χ4n) is 3.17. The SMILES string of the molecule is Cc1cc(Nc2nc(N3CCC(N)C3)nc3c(Br)c[nH]c(=O)c23)ccc1Br.Cl. The smallest absolute Gasteiger partial charge is 0.261 e. The lowest BCUT2D eigenvalue weighted by Gasteiger charge is -2.18. The Bertz CT molecular complexity index is 1090. The van der Waals surface area contributed by atoms with Crippen molar-refractivity contribution in [3.8, 4) is 0 Å². The van der Waals surface area contributed by atoms with E-state index in [1.807, 2.05) is 25.1 Å². The number of fused-ring (bicyclic) bond motifs is 1. The van der Waals surface area contributed by atoms with Crippen molar-refractivity contribution >= 4 is 72.6 Å². The molecule has 1 saturated heterocycles. The molecule has 1 aliphatic rings. The molecular formula is C18H19Br2ClN6O. The van der Waals surface area contributed by atoms with Gasteiger partial charge in [0.2, 0.25) is 5.95 Å². The quantitative estimate of drug-likeness (QED) is 0.476. The van der Waals surface area contributed by atoms with Crippen LogP contribution in [0.4, 0.5) is 17.5 Å². The van der Waals surface area contributed by atoms with Gasteiger partial charge in [0, 0.05) is 35.5 Å². The lowest BCUT2D eigenvalue weighted by atomic mass is 10.2. The third-order valence-electron chi connectivity index (χ3n) is 4.61. The summed E-state index contributed by atoms with van der Waals surface area (Å²) >= 11 is 6.99. The van der Waals surface area contributed by atoms with Crippen molar-refractivity contribution in [1.82, 2.24) is 15.0 Å². The highest BCUT2D eigenvalue weighted by Crippen LogP contribution is 2.30. The minimum Gasteiger partial charge on any atom is -0.339 e. The Balaban J connectivity index is 0.00000225. The van der Waals surface area contributed by atoms with Crippen LogP contribution in [-0.4, -0.2) is 34.1 Å². The molecule has 3 heterocycles. The highest BCUT2D eigenvalue weighted by molar-refractivity contribution is 9.11. The molecular weight excluding hydrogens is 512 g/mol. The zero-order valence-electron chi connectivity index (χ0n) is 15.0. The van der Waals surface area contributed by atoms with Crippen LogP contribution in [0.1, 0.15) is 12.0 Å². The van der Waals surface area contributed by atoms with E-state index in [1.54, 1.807) is 6.20 Å². The molecule has 0 saturated carbocycles. The number of benzene rings is 1. The van der Waals surface area contributed by atoms with Crippen LogP contribution in [0.3, 0.4) is 0 Å². The van der Waals surface area contributed by atoms with Gasteiger partial charge in [0.05, 0.1) is 9.99 Å². The molecule has 10 heteroatoms. The van der Waals surface area contributed by atoms with Crippen LogP contribution in [0.25, 0.3) is 10.9 Å². The first-order chi connectivity index (χ1) is 12.9. The number of hydrogen-bond donors (Lipinski definition) is 3. The second-order valence-corrected chi connectivity index (χ2v) is 8.35. The normalized spacial score (nSPS) is 16.3. The van der Waals surface area contributed by atoms with E-state index in [1.165, 1.54) is 0 Å². The number of aromatic amines is 1. The molecule has 3 aromatic rings. The van der Waals surface area contributed by atoms with E-state index in [-0.39, 0.29) is 24.0 Å². The molecule has 0 bridgehead atoms. The molecule has 4 N–H and O–H groups in total. The summed E-state index contributed by atoms with van der Waals surface area (Å²) in [7, 11) is 0. The predicted molar refractivity (Wildman–Crippen MR) is 122 cm³/mol. The van der Waals surface area contributed by atoms with E-state index in [0.29, 0.717) is 33.7 Å². The summed E-state index contributed by atoms with van der Waals surface area (Å²) in [4.78, 5) is 26.6. The van der Waals surface area contributed by atoms with Gasteiger partial charge in [-0.3, -0.25) is 4.79 Å². The number of aryl methyl sites for hydroxylation is 1. The van der Waals surface area contributed by atoms with Gasteiger partial charge in [0.1, 0.15) is 11.2 Å². The molecule has 1 aliphatic heterocycles. The molecule has 1 atom stereocenters. The van der Waals surface area contributed by atoms with Crippen molar-refractivity contribution in [2.75, 3.05) is 23.3 Å². The van der Waals surface area contributed by atoms with Gasteiger partial charge in [-0.05, 0) is 53.0 Å². The molecule has 0 radical (unpaired) electrons. The molecule has 2 aromatic heterocycles. The summed E-state index contributed by atoms with van der Waals surface area (Å²) in [6.45, 7) is 3.50.